The minimum atomic E-state index is 0.0897. The van der Waals surface area contributed by atoms with Crippen LogP contribution in [0.4, 0.5) is 0 Å². The number of fused-ring (bicyclic) bond motifs is 1. The molecule has 90 valence electrons. The Morgan fingerprint density at radius 3 is 3.12 bits per heavy atom. The van der Waals surface area contributed by atoms with Crippen molar-refractivity contribution in [2.45, 2.75) is 31.4 Å². The summed E-state index contributed by atoms with van der Waals surface area (Å²) < 4.78 is 7.76. The van der Waals surface area contributed by atoms with E-state index < -0.39 is 0 Å². The highest BCUT2D eigenvalue weighted by Gasteiger charge is 2.18. The van der Waals surface area contributed by atoms with E-state index in [0.717, 1.165) is 35.9 Å². The van der Waals surface area contributed by atoms with E-state index in [1.807, 2.05) is 23.0 Å². The number of aromatic nitrogens is 2. The second-order valence-corrected chi connectivity index (χ2v) is 4.66. The van der Waals surface area contributed by atoms with Crippen molar-refractivity contribution in [1.82, 2.24) is 9.78 Å². The van der Waals surface area contributed by atoms with Crippen molar-refractivity contribution >= 4 is 22.5 Å². The molecule has 3 rings (SSSR count). The predicted molar refractivity (Wildman–Crippen MR) is 68.1 cm³/mol. The largest absolute Gasteiger partial charge is 0.356 e. The first kappa shape index (κ1) is 11.1. The molecule has 4 heteroatoms. The average molecular weight is 251 g/mol. The predicted octanol–water partition coefficient (Wildman–Crippen LogP) is 3.47. The summed E-state index contributed by atoms with van der Waals surface area (Å²) in [6.07, 6.45) is 5.39. The molecule has 1 aromatic carbocycles. The van der Waals surface area contributed by atoms with Gasteiger partial charge in [0.2, 0.25) is 0 Å². The lowest BCUT2D eigenvalue weighted by atomic mass is 10.1. The molecular weight excluding hydrogens is 236 g/mol. The highest BCUT2D eigenvalue weighted by atomic mass is 35.5. The van der Waals surface area contributed by atoms with Crippen molar-refractivity contribution in [3.63, 3.8) is 0 Å². The van der Waals surface area contributed by atoms with Gasteiger partial charge in [-0.25, -0.2) is 4.68 Å². The van der Waals surface area contributed by atoms with Crippen LogP contribution in [0.1, 0.15) is 31.1 Å². The van der Waals surface area contributed by atoms with Gasteiger partial charge < -0.3 is 4.74 Å². The summed E-state index contributed by atoms with van der Waals surface area (Å²) in [6.45, 7) is 0.835. The minimum absolute atomic E-state index is 0.0897. The molecule has 1 aliphatic rings. The second-order valence-electron chi connectivity index (χ2n) is 4.39. The molecule has 0 saturated carbocycles. The normalized spacial score (nSPS) is 20.9. The van der Waals surface area contributed by atoms with Crippen molar-refractivity contribution in [2.24, 2.45) is 0 Å². The van der Waals surface area contributed by atoms with Crippen molar-refractivity contribution in [3.8, 4) is 0 Å². The fourth-order valence-electron chi connectivity index (χ4n) is 2.39. The monoisotopic (exact) mass is 250 g/mol. The molecule has 1 atom stereocenters. The molecule has 1 aromatic heterocycles. The van der Waals surface area contributed by atoms with Crippen LogP contribution in [0.3, 0.4) is 0 Å². The summed E-state index contributed by atoms with van der Waals surface area (Å²) in [5, 5.41) is 5.60. The molecule has 0 bridgehead atoms. The van der Waals surface area contributed by atoms with Crippen molar-refractivity contribution in [1.29, 1.82) is 0 Å². The molecule has 2 heterocycles. The van der Waals surface area contributed by atoms with Gasteiger partial charge in [0, 0.05) is 17.9 Å². The number of hydrogen-bond donors (Lipinski definition) is 0. The lowest BCUT2D eigenvalue weighted by molar-refractivity contribution is -0.0366. The number of halogens is 1. The highest BCUT2D eigenvalue weighted by molar-refractivity contribution is 6.18. The maximum absolute atomic E-state index is 5.93. The standard InChI is InChI=1S/C13H15ClN2O/c14-8-10-4-3-5-12-11(10)9-15-16(12)13-6-1-2-7-17-13/h3-5,9,13H,1-2,6-8H2. The number of nitrogens with zero attached hydrogens (tertiary/aromatic N) is 2. The second kappa shape index (κ2) is 4.67. The third-order valence-corrected chi connectivity index (χ3v) is 3.59. The molecule has 0 radical (unpaired) electrons. The third-order valence-electron chi connectivity index (χ3n) is 3.30. The molecule has 1 fully saturated rings. The van der Waals surface area contributed by atoms with E-state index in [1.54, 1.807) is 0 Å². The average Bonchev–Trinajstić information content (AvgIpc) is 2.83. The number of alkyl halides is 1. The molecule has 3 nitrogen and oxygen atoms in total. The number of hydrogen-bond acceptors (Lipinski definition) is 2. The molecule has 0 spiro atoms. The molecule has 1 unspecified atom stereocenters. The summed E-state index contributed by atoms with van der Waals surface area (Å²) in [5.74, 6) is 0.522. The van der Waals surface area contributed by atoms with Gasteiger partial charge in [-0.05, 0) is 30.9 Å². The first-order valence-corrected chi connectivity index (χ1v) is 6.56. The van der Waals surface area contributed by atoms with Gasteiger partial charge in [0.05, 0.1) is 11.7 Å². The van der Waals surface area contributed by atoms with E-state index in [4.69, 9.17) is 16.3 Å². The van der Waals surface area contributed by atoms with Crippen LogP contribution in [0.5, 0.6) is 0 Å². The zero-order chi connectivity index (χ0) is 11.7. The topological polar surface area (TPSA) is 27.1 Å². The van der Waals surface area contributed by atoms with E-state index in [9.17, 15) is 0 Å². The van der Waals surface area contributed by atoms with Gasteiger partial charge in [0.15, 0.2) is 6.23 Å². The lowest BCUT2D eigenvalue weighted by Gasteiger charge is -2.23. The molecule has 0 amide bonds. The van der Waals surface area contributed by atoms with Gasteiger partial charge in [-0.1, -0.05) is 12.1 Å². The Kier molecular flexibility index (Phi) is 3.04. The fraction of sp³-hybridized carbons (Fsp3) is 0.462. The van der Waals surface area contributed by atoms with E-state index in [0.29, 0.717) is 5.88 Å². The van der Waals surface area contributed by atoms with Gasteiger partial charge in [-0.2, -0.15) is 5.10 Å². The van der Waals surface area contributed by atoms with Gasteiger partial charge in [-0.15, -0.1) is 11.6 Å². The van der Waals surface area contributed by atoms with Crippen molar-refractivity contribution in [3.05, 3.63) is 30.0 Å². The molecule has 0 aliphatic carbocycles. The van der Waals surface area contributed by atoms with Gasteiger partial charge >= 0.3 is 0 Å². The Labute approximate surface area is 105 Å². The first-order chi connectivity index (χ1) is 8.40. The summed E-state index contributed by atoms with van der Waals surface area (Å²) in [4.78, 5) is 0. The van der Waals surface area contributed by atoms with E-state index in [2.05, 4.69) is 11.2 Å². The molecule has 0 N–H and O–H groups in total. The molecule has 2 aromatic rings. The van der Waals surface area contributed by atoms with Crippen LogP contribution < -0.4 is 0 Å². The Hall–Kier alpha value is -1.06. The maximum atomic E-state index is 5.93. The SMILES string of the molecule is ClCc1cccc2c1cnn2C1CCCCO1. The van der Waals surface area contributed by atoms with Gasteiger partial charge in [-0.3, -0.25) is 0 Å². The Morgan fingerprint density at radius 1 is 1.41 bits per heavy atom. The minimum Gasteiger partial charge on any atom is -0.356 e. The summed E-state index contributed by atoms with van der Waals surface area (Å²) >= 11 is 5.93. The summed E-state index contributed by atoms with van der Waals surface area (Å²) in [6, 6.07) is 6.15. The van der Waals surface area contributed by atoms with Gasteiger partial charge in [0.1, 0.15) is 0 Å². The third kappa shape index (κ3) is 1.94. The Bertz CT molecular complexity index is 517. The molecule has 1 aliphatic heterocycles. The van der Waals surface area contributed by atoms with Crippen LogP contribution in [-0.2, 0) is 10.6 Å². The lowest BCUT2D eigenvalue weighted by Crippen LogP contribution is -2.18. The van der Waals surface area contributed by atoms with E-state index in [1.165, 1.54) is 6.42 Å². The molecule has 17 heavy (non-hydrogen) atoms. The smallest absolute Gasteiger partial charge is 0.150 e. The summed E-state index contributed by atoms with van der Waals surface area (Å²) in [5.41, 5.74) is 2.25. The Morgan fingerprint density at radius 2 is 2.35 bits per heavy atom. The van der Waals surface area contributed by atoms with Crippen molar-refractivity contribution < 1.29 is 4.74 Å². The van der Waals surface area contributed by atoms with Crippen LogP contribution in [0, 0.1) is 0 Å². The van der Waals surface area contributed by atoms with E-state index in [-0.39, 0.29) is 6.23 Å². The van der Waals surface area contributed by atoms with Crippen LogP contribution in [0.2, 0.25) is 0 Å². The fourth-order valence-corrected chi connectivity index (χ4v) is 2.63. The number of rotatable bonds is 2. The summed E-state index contributed by atoms with van der Waals surface area (Å²) in [7, 11) is 0. The number of benzene rings is 1. The number of ether oxygens (including phenoxy) is 1. The van der Waals surface area contributed by atoms with Crippen LogP contribution >= 0.6 is 11.6 Å². The van der Waals surface area contributed by atoms with E-state index >= 15 is 0 Å². The maximum Gasteiger partial charge on any atom is 0.150 e. The molecule has 1 saturated heterocycles. The quantitative estimate of drug-likeness (QED) is 0.763. The zero-order valence-corrected chi connectivity index (χ0v) is 10.4. The highest BCUT2D eigenvalue weighted by Crippen LogP contribution is 2.27. The van der Waals surface area contributed by atoms with Crippen LogP contribution in [0.25, 0.3) is 10.9 Å². The van der Waals surface area contributed by atoms with Crippen LogP contribution in [-0.4, -0.2) is 16.4 Å². The zero-order valence-electron chi connectivity index (χ0n) is 9.60. The first-order valence-electron chi connectivity index (χ1n) is 6.03. The van der Waals surface area contributed by atoms with Crippen LogP contribution in [0.15, 0.2) is 24.4 Å². The van der Waals surface area contributed by atoms with Crippen molar-refractivity contribution in [2.75, 3.05) is 6.61 Å². The molecular formula is C13H15ClN2O. The van der Waals surface area contributed by atoms with Gasteiger partial charge in [0.25, 0.3) is 0 Å². The Balaban J connectivity index is 2.05.